The van der Waals surface area contributed by atoms with Crippen molar-refractivity contribution in [3.05, 3.63) is 121 Å². The molecule has 0 saturated carbocycles. The molecule has 0 aromatic heterocycles. The van der Waals surface area contributed by atoms with Crippen molar-refractivity contribution in [3.8, 4) is 0 Å². The van der Waals surface area contributed by atoms with Gasteiger partial charge in [-0.1, -0.05) is 0 Å². The van der Waals surface area contributed by atoms with Crippen molar-refractivity contribution in [2.45, 2.75) is 96.4 Å². The second-order valence-corrected chi connectivity index (χ2v) is 28.3. The van der Waals surface area contributed by atoms with Gasteiger partial charge in [0.2, 0.25) is 0 Å². The Morgan fingerprint density at radius 1 is 0.453 bits per heavy atom. The molecule has 7 heteroatoms. The Morgan fingerprint density at radius 3 is 0.849 bits per heavy atom. The Hall–Kier alpha value is -3.33. The van der Waals surface area contributed by atoms with E-state index in [9.17, 15) is 0 Å². The monoisotopic (exact) mass is 838 g/mol. The van der Waals surface area contributed by atoms with Crippen LogP contribution < -0.4 is 19.6 Å². The molecule has 2 aliphatic heterocycles. The number of benzene rings is 4. The standard InChI is InChI=1S/2C21H26N2.C4H6.2ClH.Ru/c2*1-14-9-16(3)20(17(4)10-14)22-7-8-23(13-22)21-18(5)11-15(2)12-19(21)6;1-3-4-2;;;/h2*9-12H,7-8H2,1-6H3;4H,3H2,1H3;2*1H;/q;;;;;+2/p-2. The molecule has 6 rings (SSSR count). The summed E-state index contributed by atoms with van der Waals surface area (Å²) in [4.78, 5) is 9.93. The Labute approximate surface area is 327 Å². The van der Waals surface area contributed by atoms with E-state index in [1.54, 1.807) is 0 Å². The molecule has 2 fully saturated rings. The van der Waals surface area contributed by atoms with Gasteiger partial charge < -0.3 is 0 Å². The van der Waals surface area contributed by atoms with Crippen LogP contribution in [0.4, 0.5) is 22.7 Å². The summed E-state index contributed by atoms with van der Waals surface area (Å²) < 4.78 is 5.89. The number of allylic oxidation sites excluding steroid dienone is 1. The zero-order valence-corrected chi connectivity index (χ0v) is 37.4. The quantitative estimate of drug-likeness (QED) is 0.186. The van der Waals surface area contributed by atoms with Crippen molar-refractivity contribution in [2.75, 3.05) is 45.8 Å². The topological polar surface area (TPSA) is 13.0 Å². The predicted octanol–water partition coefficient (Wildman–Crippen LogP) is 11.3. The fourth-order valence-electron chi connectivity index (χ4n) is 9.28. The van der Waals surface area contributed by atoms with Crippen LogP contribution >= 0.6 is 19.4 Å². The van der Waals surface area contributed by atoms with Crippen LogP contribution in [0.5, 0.6) is 0 Å². The molecule has 0 spiro atoms. The molecule has 0 bridgehead atoms. The van der Waals surface area contributed by atoms with Crippen molar-refractivity contribution in [1.82, 2.24) is 0 Å². The Kier molecular flexibility index (Phi) is 10.7. The molecule has 4 nitrogen and oxygen atoms in total. The number of rotatable bonds is 5. The van der Waals surface area contributed by atoms with Gasteiger partial charge in [-0.25, -0.2) is 0 Å². The summed E-state index contributed by atoms with van der Waals surface area (Å²) in [7, 11) is 12.4. The zero-order chi connectivity index (χ0) is 38.8. The van der Waals surface area contributed by atoms with Gasteiger partial charge >= 0.3 is 329 Å². The summed E-state index contributed by atoms with van der Waals surface area (Å²) in [5, 5.41) is 0. The van der Waals surface area contributed by atoms with Crippen molar-refractivity contribution in [3.63, 3.8) is 0 Å². The van der Waals surface area contributed by atoms with Gasteiger partial charge in [-0.15, -0.1) is 0 Å². The molecule has 2 aliphatic rings. The molecule has 0 aliphatic carbocycles. The molecular weight excluding hydrogens is 781 g/mol. The summed E-state index contributed by atoms with van der Waals surface area (Å²) in [5.74, 6) is 0. The van der Waals surface area contributed by atoms with E-state index in [4.69, 9.17) is 19.4 Å². The van der Waals surface area contributed by atoms with Gasteiger partial charge in [0, 0.05) is 0 Å². The van der Waals surface area contributed by atoms with Gasteiger partial charge in [0.1, 0.15) is 0 Å². The number of nitrogens with zero attached hydrogens (tertiary/aromatic N) is 4. The molecule has 53 heavy (non-hydrogen) atoms. The Morgan fingerprint density at radius 2 is 0.660 bits per heavy atom. The van der Waals surface area contributed by atoms with E-state index >= 15 is 0 Å². The van der Waals surface area contributed by atoms with E-state index in [1.807, 2.05) is 0 Å². The molecule has 4 aromatic carbocycles. The molecule has 284 valence electrons. The molecule has 4 aromatic rings. The van der Waals surface area contributed by atoms with Gasteiger partial charge in [-0.3, -0.25) is 0 Å². The Bertz CT molecular complexity index is 2080. The number of hydrogen-bond acceptors (Lipinski definition) is 4. The molecule has 2 saturated heterocycles. The van der Waals surface area contributed by atoms with Crippen LogP contribution in [0.1, 0.15) is 80.1 Å². The fourth-order valence-corrected chi connectivity index (χ4v) is 20.0. The van der Waals surface area contributed by atoms with E-state index in [1.165, 1.54) is 89.5 Å². The first-order valence-corrected chi connectivity index (χ1v) is 26.0. The average Bonchev–Trinajstić information content (AvgIpc) is 3.65. The first-order chi connectivity index (χ1) is 24.9. The molecule has 0 radical (unpaired) electrons. The van der Waals surface area contributed by atoms with Crippen LogP contribution in [0, 0.1) is 83.1 Å². The van der Waals surface area contributed by atoms with Gasteiger partial charge in [0.15, 0.2) is 0 Å². The average molecular weight is 839 g/mol. The second-order valence-electron chi connectivity index (χ2n) is 15.5. The first kappa shape index (κ1) is 39.4. The number of hydrogen-bond donors (Lipinski definition) is 0. The van der Waals surface area contributed by atoms with Crippen LogP contribution in [0.15, 0.2) is 54.6 Å². The molecule has 2 heterocycles. The first-order valence-electron chi connectivity index (χ1n) is 18.9. The third-order valence-electron chi connectivity index (χ3n) is 10.6. The number of anilines is 4. The molecule has 0 amide bonds. The van der Waals surface area contributed by atoms with Gasteiger partial charge in [0.05, 0.1) is 0 Å². The maximum atomic E-state index is 8.87. The van der Waals surface area contributed by atoms with E-state index in [0.29, 0.717) is 0 Å². The van der Waals surface area contributed by atoms with Crippen LogP contribution in [-0.4, -0.2) is 39.2 Å². The predicted molar refractivity (Wildman–Crippen MR) is 234 cm³/mol. The van der Waals surface area contributed by atoms with Crippen LogP contribution in [-0.2, 0) is 10.3 Å². The second kappa shape index (κ2) is 14.4. The van der Waals surface area contributed by atoms with Gasteiger partial charge in [-0.2, -0.15) is 0 Å². The van der Waals surface area contributed by atoms with Crippen LogP contribution in [0.25, 0.3) is 0 Å². The van der Waals surface area contributed by atoms with Crippen molar-refractivity contribution >= 4 is 55.1 Å². The Balaban J connectivity index is 1.95. The summed E-state index contributed by atoms with van der Waals surface area (Å²) in [6, 6.07) is 18.3. The van der Waals surface area contributed by atoms with Crippen LogP contribution in [0.2, 0.25) is 0 Å². The van der Waals surface area contributed by atoms with Crippen molar-refractivity contribution < 1.29 is 10.3 Å². The van der Waals surface area contributed by atoms with Crippen LogP contribution in [0.3, 0.4) is 0 Å². The minimum atomic E-state index is -5.31. The maximum absolute atomic E-state index is 8.87. The summed E-state index contributed by atoms with van der Waals surface area (Å²) in [6.45, 7) is 31.7. The molecule has 0 unspecified atom stereocenters. The zero-order valence-electron chi connectivity index (χ0n) is 34.1. The van der Waals surface area contributed by atoms with E-state index in [0.717, 1.165) is 41.3 Å². The van der Waals surface area contributed by atoms with Gasteiger partial charge in [0.25, 0.3) is 0 Å². The number of aryl methyl sites for hydroxylation is 12. The number of halogens is 2. The molecular formula is C46H58Cl2N4Ru. The SMILES string of the molecule is CCC=[C]=[Ru]([Cl])([Cl])(=[C]1N(c2c(C)cc(C)cc2C)CCN1c1c(C)cc(C)cc1C)=[C]1N(c2c(C)cc(C)cc2C)CCN1c1c(C)cc(C)cc1C. The van der Waals surface area contributed by atoms with Gasteiger partial charge in [-0.05, 0) is 0 Å². The summed E-state index contributed by atoms with van der Waals surface area (Å²) in [5.41, 5.74) is 19.5. The normalized spacial score (nSPS) is 15.7. The fraction of sp³-hybridized carbons (Fsp3) is 0.391. The van der Waals surface area contributed by atoms with E-state index in [2.05, 4.69) is 168 Å². The summed E-state index contributed by atoms with van der Waals surface area (Å²) in [6.07, 6.45) is 2.88. The van der Waals surface area contributed by atoms with Crippen molar-refractivity contribution in [1.29, 1.82) is 0 Å². The van der Waals surface area contributed by atoms with Crippen molar-refractivity contribution in [2.24, 2.45) is 0 Å². The van der Waals surface area contributed by atoms with E-state index < -0.39 is 10.3 Å². The third kappa shape index (κ3) is 6.82. The molecule has 0 N–H and O–H groups in total. The third-order valence-corrected chi connectivity index (χ3v) is 20.2. The van der Waals surface area contributed by atoms with E-state index in [-0.39, 0.29) is 0 Å². The summed E-state index contributed by atoms with van der Waals surface area (Å²) >= 11 is 0. The minimum absolute atomic E-state index is 0.758. The molecule has 0 atom stereocenters.